The Labute approximate surface area is 121 Å². The summed E-state index contributed by atoms with van der Waals surface area (Å²) in [5.41, 5.74) is 6.68. The van der Waals surface area contributed by atoms with Gasteiger partial charge in [0, 0.05) is 25.3 Å². The van der Waals surface area contributed by atoms with Crippen LogP contribution in [0.15, 0.2) is 23.1 Å². The maximum absolute atomic E-state index is 11.7. The molecule has 20 heavy (non-hydrogen) atoms. The van der Waals surface area contributed by atoms with Crippen LogP contribution in [0.1, 0.15) is 13.3 Å². The lowest BCUT2D eigenvalue weighted by Gasteiger charge is -2.27. The highest BCUT2D eigenvalue weighted by atomic mass is 32.2. The van der Waals surface area contributed by atoms with Crippen molar-refractivity contribution >= 4 is 21.4 Å². The van der Waals surface area contributed by atoms with Crippen LogP contribution in [0.3, 0.4) is 0 Å². The lowest BCUT2D eigenvalue weighted by molar-refractivity contribution is 0.412. The van der Waals surface area contributed by atoms with E-state index < -0.39 is 10.0 Å². The minimum atomic E-state index is -3.79. The summed E-state index contributed by atoms with van der Waals surface area (Å²) in [5, 5.41) is 5.30. The topological polar surface area (TPSA) is 92.7 Å². The molecule has 6 nitrogen and oxygen atoms in total. The third-order valence-corrected chi connectivity index (χ3v) is 3.88. The predicted octanol–water partition coefficient (Wildman–Crippen LogP) is 0.694. The molecule has 4 N–H and O–H groups in total. The standard InChI is InChI=1S/C13H24N4O2S/c1-4-7-17(9-8-16(2)3)12-6-5-11(14)10-13(12)20(15,18)19/h5-6,10H,4,7-9,14H2,1-3H3,(H2,15,18,19). The van der Waals surface area contributed by atoms with Crippen LogP contribution in [0.4, 0.5) is 11.4 Å². The molecular formula is C13H24N4O2S. The van der Waals surface area contributed by atoms with E-state index in [2.05, 4.69) is 11.8 Å². The number of primary sulfonamides is 1. The Morgan fingerprint density at radius 2 is 1.80 bits per heavy atom. The molecule has 7 heteroatoms. The summed E-state index contributed by atoms with van der Waals surface area (Å²) in [5.74, 6) is 0. The van der Waals surface area contributed by atoms with Crippen LogP contribution in [0, 0.1) is 0 Å². The van der Waals surface area contributed by atoms with Gasteiger partial charge in [-0.2, -0.15) is 0 Å². The molecule has 0 unspecified atom stereocenters. The van der Waals surface area contributed by atoms with Crippen LogP contribution in [0.5, 0.6) is 0 Å². The zero-order valence-corrected chi connectivity index (χ0v) is 13.2. The predicted molar refractivity (Wildman–Crippen MR) is 83.3 cm³/mol. The number of nitrogens with zero attached hydrogens (tertiary/aromatic N) is 2. The number of likely N-dealkylation sites (N-methyl/N-ethyl adjacent to an activating group) is 1. The summed E-state index contributed by atoms with van der Waals surface area (Å²) in [4.78, 5) is 4.17. The first-order chi connectivity index (χ1) is 9.25. The Hall–Kier alpha value is -1.31. The first-order valence-electron chi connectivity index (χ1n) is 6.57. The van der Waals surface area contributed by atoms with Gasteiger partial charge in [-0.25, -0.2) is 13.6 Å². The number of anilines is 2. The Balaban J connectivity index is 3.18. The number of rotatable bonds is 7. The fourth-order valence-electron chi connectivity index (χ4n) is 1.96. The third-order valence-electron chi connectivity index (χ3n) is 2.94. The molecule has 0 aromatic heterocycles. The van der Waals surface area contributed by atoms with E-state index in [1.54, 1.807) is 12.1 Å². The molecule has 0 atom stereocenters. The van der Waals surface area contributed by atoms with E-state index in [4.69, 9.17) is 10.9 Å². The average Bonchev–Trinajstić information content (AvgIpc) is 2.33. The van der Waals surface area contributed by atoms with Crippen molar-refractivity contribution in [3.63, 3.8) is 0 Å². The summed E-state index contributed by atoms with van der Waals surface area (Å²) < 4.78 is 23.5. The highest BCUT2D eigenvalue weighted by Gasteiger charge is 2.18. The molecule has 0 saturated heterocycles. The number of sulfonamides is 1. The number of hydrogen-bond acceptors (Lipinski definition) is 5. The highest BCUT2D eigenvalue weighted by Crippen LogP contribution is 2.26. The lowest BCUT2D eigenvalue weighted by atomic mass is 10.2. The van der Waals surface area contributed by atoms with E-state index in [1.807, 2.05) is 19.0 Å². The summed E-state index contributed by atoms with van der Waals surface area (Å²) in [6.45, 7) is 4.37. The first-order valence-corrected chi connectivity index (χ1v) is 8.12. The minimum Gasteiger partial charge on any atom is -0.399 e. The van der Waals surface area contributed by atoms with Gasteiger partial charge < -0.3 is 15.5 Å². The van der Waals surface area contributed by atoms with Crippen molar-refractivity contribution in [2.45, 2.75) is 18.2 Å². The Morgan fingerprint density at radius 1 is 1.15 bits per heavy atom. The van der Waals surface area contributed by atoms with Gasteiger partial charge in [-0.3, -0.25) is 0 Å². The van der Waals surface area contributed by atoms with E-state index in [1.165, 1.54) is 6.07 Å². The van der Waals surface area contributed by atoms with E-state index in [-0.39, 0.29) is 4.90 Å². The Kier molecular flexibility index (Phi) is 5.79. The molecule has 1 aromatic carbocycles. The Bertz CT molecular complexity index is 543. The van der Waals surface area contributed by atoms with Crippen LogP contribution >= 0.6 is 0 Å². The molecule has 114 valence electrons. The van der Waals surface area contributed by atoms with Crippen LogP contribution in [-0.2, 0) is 10.0 Å². The van der Waals surface area contributed by atoms with Crippen molar-refractivity contribution < 1.29 is 8.42 Å². The van der Waals surface area contributed by atoms with Gasteiger partial charge in [0.05, 0.1) is 5.69 Å². The van der Waals surface area contributed by atoms with Gasteiger partial charge in [0.2, 0.25) is 10.0 Å². The second kappa shape index (κ2) is 6.92. The number of nitrogen functional groups attached to an aromatic ring is 1. The molecule has 0 aliphatic rings. The molecule has 0 bridgehead atoms. The number of hydrogen-bond donors (Lipinski definition) is 2. The molecule has 0 aliphatic carbocycles. The average molecular weight is 300 g/mol. The highest BCUT2D eigenvalue weighted by molar-refractivity contribution is 7.89. The maximum Gasteiger partial charge on any atom is 0.240 e. The van der Waals surface area contributed by atoms with Gasteiger partial charge in [-0.1, -0.05) is 6.92 Å². The van der Waals surface area contributed by atoms with Crippen LogP contribution in [0.25, 0.3) is 0 Å². The lowest BCUT2D eigenvalue weighted by Crippen LogP contribution is -2.33. The van der Waals surface area contributed by atoms with Gasteiger partial charge in [0.15, 0.2) is 0 Å². The number of nitrogens with two attached hydrogens (primary N) is 2. The second-order valence-electron chi connectivity index (χ2n) is 5.06. The Morgan fingerprint density at radius 3 is 2.30 bits per heavy atom. The molecule has 0 amide bonds. The molecule has 0 radical (unpaired) electrons. The van der Waals surface area contributed by atoms with Crippen molar-refractivity contribution in [3.8, 4) is 0 Å². The zero-order chi connectivity index (χ0) is 15.3. The van der Waals surface area contributed by atoms with E-state index in [0.29, 0.717) is 11.4 Å². The van der Waals surface area contributed by atoms with Crippen molar-refractivity contribution in [1.29, 1.82) is 0 Å². The SMILES string of the molecule is CCCN(CCN(C)C)c1ccc(N)cc1S(N)(=O)=O. The summed E-state index contributed by atoms with van der Waals surface area (Å²) in [6, 6.07) is 4.84. The summed E-state index contributed by atoms with van der Waals surface area (Å²) in [7, 11) is 0.167. The van der Waals surface area contributed by atoms with Crippen LogP contribution in [-0.4, -0.2) is 47.0 Å². The molecule has 1 aromatic rings. The third kappa shape index (κ3) is 4.66. The van der Waals surface area contributed by atoms with E-state index in [0.717, 1.165) is 26.1 Å². The molecule has 0 heterocycles. The summed E-state index contributed by atoms with van der Waals surface area (Å²) >= 11 is 0. The molecular weight excluding hydrogens is 276 g/mol. The first kappa shape index (κ1) is 16.7. The van der Waals surface area contributed by atoms with Gasteiger partial charge in [-0.05, 0) is 38.7 Å². The number of benzene rings is 1. The molecule has 0 spiro atoms. The largest absolute Gasteiger partial charge is 0.399 e. The fraction of sp³-hybridized carbons (Fsp3) is 0.538. The van der Waals surface area contributed by atoms with Crippen LogP contribution in [0.2, 0.25) is 0 Å². The van der Waals surface area contributed by atoms with Crippen molar-refractivity contribution in [2.75, 3.05) is 44.4 Å². The van der Waals surface area contributed by atoms with Gasteiger partial charge in [-0.15, -0.1) is 0 Å². The quantitative estimate of drug-likeness (QED) is 0.723. The normalized spacial score (nSPS) is 11.8. The van der Waals surface area contributed by atoms with E-state index >= 15 is 0 Å². The zero-order valence-electron chi connectivity index (χ0n) is 12.3. The summed E-state index contributed by atoms with van der Waals surface area (Å²) in [6.07, 6.45) is 0.919. The van der Waals surface area contributed by atoms with Crippen molar-refractivity contribution in [1.82, 2.24) is 4.90 Å². The molecule has 0 fully saturated rings. The molecule has 0 saturated carbocycles. The maximum atomic E-state index is 11.7. The van der Waals surface area contributed by atoms with Gasteiger partial charge in [0.1, 0.15) is 4.90 Å². The monoisotopic (exact) mass is 300 g/mol. The van der Waals surface area contributed by atoms with Crippen molar-refractivity contribution in [2.24, 2.45) is 5.14 Å². The van der Waals surface area contributed by atoms with E-state index in [9.17, 15) is 8.42 Å². The van der Waals surface area contributed by atoms with Crippen LogP contribution < -0.4 is 15.8 Å². The van der Waals surface area contributed by atoms with Crippen molar-refractivity contribution in [3.05, 3.63) is 18.2 Å². The van der Waals surface area contributed by atoms with Gasteiger partial charge >= 0.3 is 0 Å². The molecule has 0 aliphatic heterocycles. The fourth-order valence-corrected chi connectivity index (χ4v) is 2.75. The second-order valence-corrected chi connectivity index (χ2v) is 6.59. The smallest absolute Gasteiger partial charge is 0.240 e. The molecule has 1 rings (SSSR count). The minimum absolute atomic E-state index is 0.0877. The van der Waals surface area contributed by atoms with Gasteiger partial charge in [0.25, 0.3) is 0 Å².